The van der Waals surface area contributed by atoms with Crippen molar-refractivity contribution in [2.75, 3.05) is 4.90 Å². The monoisotopic (exact) mass is 580 g/mol. The molecule has 0 fully saturated rings. The van der Waals surface area contributed by atoms with Crippen molar-refractivity contribution < 1.29 is 4.39 Å². The quantitative estimate of drug-likeness (QED) is 0.190. The van der Waals surface area contributed by atoms with E-state index in [2.05, 4.69) is 155 Å². The van der Waals surface area contributed by atoms with E-state index < -0.39 is 0 Å². The second-order valence-electron chi connectivity index (χ2n) is 11.2. The topological polar surface area (TPSA) is 8.17 Å². The molecule has 0 aliphatic rings. The van der Waals surface area contributed by atoms with E-state index in [-0.39, 0.29) is 5.82 Å². The number of anilines is 3. The lowest BCUT2D eigenvalue weighted by molar-refractivity contribution is 0.628. The van der Waals surface area contributed by atoms with Crippen molar-refractivity contribution in [3.05, 3.63) is 182 Å². The van der Waals surface area contributed by atoms with E-state index in [1.54, 1.807) is 0 Å². The third-order valence-corrected chi connectivity index (χ3v) is 8.48. The van der Waals surface area contributed by atoms with Crippen LogP contribution >= 0.6 is 0 Å². The molecule has 0 bridgehead atoms. The maximum atomic E-state index is 14.0. The van der Waals surface area contributed by atoms with E-state index in [0.29, 0.717) is 0 Å². The molecule has 1 aromatic heterocycles. The SMILES string of the molecule is Fc1ccc(N(c2ccc(-c3ccccc3)cc2)c2ccc(-c3ccccc3-n3c4ccccc4c4ccccc43)cc2)cc1. The van der Waals surface area contributed by atoms with Crippen LogP contribution in [0.2, 0.25) is 0 Å². The molecule has 8 aromatic rings. The van der Waals surface area contributed by atoms with Gasteiger partial charge < -0.3 is 9.47 Å². The van der Waals surface area contributed by atoms with E-state index in [0.717, 1.165) is 39.4 Å². The zero-order chi connectivity index (χ0) is 30.2. The molecule has 0 saturated carbocycles. The Balaban J connectivity index is 1.22. The number of halogens is 1. The first kappa shape index (κ1) is 26.7. The Bertz CT molecular complexity index is 2200. The highest BCUT2D eigenvalue weighted by molar-refractivity contribution is 6.09. The van der Waals surface area contributed by atoms with Crippen LogP contribution in [-0.4, -0.2) is 4.57 Å². The Morgan fingerprint density at radius 3 is 1.42 bits per heavy atom. The number of rotatable bonds is 6. The third-order valence-electron chi connectivity index (χ3n) is 8.48. The van der Waals surface area contributed by atoms with Gasteiger partial charge in [-0.2, -0.15) is 0 Å². The van der Waals surface area contributed by atoms with Crippen LogP contribution in [0.25, 0.3) is 49.7 Å². The lowest BCUT2D eigenvalue weighted by Crippen LogP contribution is -2.10. The molecule has 0 saturated heterocycles. The lowest BCUT2D eigenvalue weighted by atomic mass is 10.0. The number of nitrogens with zero attached hydrogens (tertiary/aromatic N) is 2. The molecule has 0 radical (unpaired) electrons. The van der Waals surface area contributed by atoms with Crippen LogP contribution in [0.15, 0.2) is 176 Å². The van der Waals surface area contributed by atoms with Gasteiger partial charge in [-0.05, 0) is 83.4 Å². The van der Waals surface area contributed by atoms with Crippen LogP contribution in [0, 0.1) is 5.82 Å². The fraction of sp³-hybridized carbons (Fsp3) is 0. The summed E-state index contributed by atoms with van der Waals surface area (Å²) < 4.78 is 16.3. The highest BCUT2D eigenvalue weighted by atomic mass is 19.1. The summed E-state index contributed by atoms with van der Waals surface area (Å²) in [5, 5.41) is 2.48. The number of hydrogen-bond acceptors (Lipinski definition) is 1. The molecule has 7 aromatic carbocycles. The molecule has 2 nitrogen and oxygen atoms in total. The number of fused-ring (bicyclic) bond motifs is 3. The average molecular weight is 581 g/mol. The Morgan fingerprint density at radius 2 is 0.822 bits per heavy atom. The van der Waals surface area contributed by atoms with E-state index in [1.165, 1.54) is 39.5 Å². The summed E-state index contributed by atoms with van der Waals surface area (Å²) >= 11 is 0. The molecule has 0 aliphatic heterocycles. The minimum atomic E-state index is -0.254. The molecule has 45 heavy (non-hydrogen) atoms. The number of hydrogen-bond donors (Lipinski definition) is 0. The number of aromatic nitrogens is 1. The van der Waals surface area contributed by atoms with Gasteiger partial charge in [0.25, 0.3) is 0 Å². The van der Waals surface area contributed by atoms with Crippen LogP contribution in [0.5, 0.6) is 0 Å². The largest absolute Gasteiger partial charge is 0.311 e. The van der Waals surface area contributed by atoms with Gasteiger partial charge in [0.1, 0.15) is 5.82 Å². The summed E-state index contributed by atoms with van der Waals surface area (Å²) in [6, 6.07) is 60.0. The van der Waals surface area contributed by atoms with Crippen molar-refractivity contribution in [1.29, 1.82) is 0 Å². The Labute approximate surface area is 261 Å². The lowest BCUT2D eigenvalue weighted by Gasteiger charge is -2.26. The van der Waals surface area contributed by atoms with Gasteiger partial charge >= 0.3 is 0 Å². The van der Waals surface area contributed by atoms with Crippen LogP contribution in [-0.2, 0) is 0 Å². The second kappa shape index (κ2) is 11.3. The molecule has 0 aliphatic carbocycles. The molecular weight excluding hydrogens is 551 g/mol. The maximum Gasteiger partial charge on any atom is 0.123 e. The third kappa shape index (κ3) is 4.85. The van der Waals surface area contributed by atoms with Gasteiger partial charge in [0, 0.05) is 33.4 Å². The van der Waals surface area contributed by atoms with Gasteiger partial charge in [0.2, 0.25) is 0 Å². The summed E-state index contributed by atoms with van der Waals surface area (Å²) in [4.78, 5) is 2.16. The zero-order valence-corrected chi connectivity index (χ0v) is 24.5. The van der Waals surface area contributed by atoms with E-state index >= 15 is 0 Å². The smallest absolute Gasteiger partial charge is 0.123 e. The molecular formula is C42H29FN2. The first-order valence-corrected chi connectivity index (χ1v) is 15.1. The van der Waals surface area contributed by atoms with Crippen molar-refractivity contribution in [2.24, 2.45) is 0 Å². The molecule has 0 unspecified atom stereocenters. The second-order valence-corrected chi connectivity index (χ2v) is 11.2. The predicted octanol–water partition coefficient (Wildman–Crippen LogP) is 11.7. The minimum Gasteiger partial charge on any atom is -0.311 e. The first-order valence-electron chi connectivity index (χ1n) is 15.1. The van der Waals surface area contributed by atoms with Gasteiger partial charge in [-0.3, -0.25) is 0 Å². The van der Waals surface area contributed by atoms with Crippen molar-refractivity contribution in [1.82, 2.24) is 4.57 Å². The molecule has 214 valence electrons. The normalized spacial score (nSPS) is 11.2. The highest BCUT2D eigenvalue weighted by Crippen LogP contribution is 2.39. The molecule has 0 amide bonds. The fourth-order valence-electron chi connectivity index (χ4n) is 6.36. The fourth-order valence-corrected chi connectivity index (χ4v) is 6.36. The van der Waals surface area contributed by atoms with Crippen LogP contribution in [0.1, 0.15) is 0 Å². The van der Waals surface area contributed by atoms with Crippen molar-refractivity contribution in [3.8, 4) is 27.9 Å². The van der Waals surface area contributed by atoms with Gasteiger partial charge in [-0.1, -0.05) is 109 Å². The highest BCUT2D eigenvalue weighted by Gasteiger charge is 2.17. The number of benzene rings is 7. The predicted molar refractivity (Wildman–Crippen MR) is 186 cm³/mol. The summed E-state index contributed by atoms with van der Waals surface area (Å²) in [5.41, 5.74) is 11.0. The Kier molecular flexibility index (Phi) is 6.69. The van der Waals surface area contributed by atoms with Gasteiger partial charge in [-0.25, -0.2) is 4.39 Å². The summed E-state index contributed by atoms with van der Waals surface area (Å²) in [6.45, 7) is 0. The molecule has 1 heterocycles. The van der Waals surface area contributed by atoms with Crippen molar-refractivity contribution >= 4 is 38.9 Å². The summed E-state index contributed by atoms with van der Waals surface area (Å²) in [7, 11) is 0. The van der Waals surface area contributed by atoms with Gasteiger partial charge in [0.15, 0.2) is 0 Å². The zero-order valence-electron chi connectivity index (χ0n) is 24.5. The van der Waals surface area contributed by atoms with Crippen molar-refractivity contribution in [2.45, 2.75) is 0 Å². The van der Waals surface area contributed by atoms with Crippen molar-refractivity contribution in [3.63, 3.8) is 0 Å². The maximum absolute atomic E-state index is 14.0. The van der Waals surface area contributed by atoms with Gasteiger partial charge in [0.05, 0.1) is 16.7 Å². The molecule has 8 rings (SSSR count). The van der Waals surface area contributed by atoms with Crippen LogP contribution in [0.4, 0.5) is 21.5 Å². The molecule has 0 N–H and O–H groups in total. The summed E-state index contributed by atoms with van der Waals surface area (Å²) in [6.07, 6.45) is 0. The first-order chi connectivity index (χ1) is 22.2. The Hall–Kier alpha value is -5.93. The van der Waals surface area contributed by atoms with Gasteiger partial charge in [-0.15, -0.1) is 0 Å². The minimum absolute atomic E-state index is 0.254. The van der Waals surface area contributed by atoms with Crippen LogP contribution in [0.3, 0.4) is 0 Å². The summed E-state index contributed by atoms with van der Waals surface area (Å²) in [5.74, 6) is -0.254. The Morgan fingerprint density at radius 1 is 0.378 bits per heavy atom. The average Bonchev–Trinajstić information content (AvgIpc) is 3.45. The van der Waals surface area contributed by atoms with E-state index in [1.807, 2.05) is 18.2 Å². The number of para-hydroxylation sites is 3. The molecule has 0 spiro atoms. The van der Waals surface area contributed by atoms with E-state index in [4.69, 9.17) is 0 Å². The van der Waals surface area contributed by atoms with Crippen LogP contribution < -0.4 is 4.90 Å². The molecule has 0 atom stereocenters. The molecule has 3 heteroatoms. The van der Waals surface area contributed by atoms with E-state index in [9.17, 15) is 4.39 Å². The standard InChI is InChI=1S/C42H29FN2/c43-33-22-28-36(29-23-33)44(34-24-18-31(19-25-34)30-10-2-1-3-11-30)35-26-20-32(21-27-35)37-12-4-7-15-40(37)45-41-16-8-5-13-38(41)39-14-6-9-17-42(39)45/h1-29H.